The van der Waals surface area contributed by atoms with Crippen molar-refractivity contribution in [1.82, 2.24) is 0 Å². The molecule has 0 amide bonds. The summed E-state index contributed by atoms with van der Waals surface area (Å²) in [6.45, 7) is 7.16. The van der Waals surface area contributed by atoms with E-state index in [9.17, 15) is 43.2 Å². The van der Waals surface area contributed by atoms with Gasteiger partial charge in [0.2, 0.25) is 0 Å². The maximum Gasteiger partial charge on any atom is 0.472 e. The van der Waals surface area contributed by atoms with E-state index < -0.39 is 97.5 Å². The second kappa shape index (κ2) is 63.5. The van der Waals surface area contributed by atoms with E-state index in [0.717, 1.165) is 96.3 Å². The Labute approximate surface area is 543 Å². The lowest BCUT2D eigenvalue weighted by Crippen LogP contribution is -2.30. The average molecular weight is 1310 g/mol. The summed E-state index contributed by atoms with van der Waals surface area (Å²) >= 11 is 0. The highest BCUT2D eigenvalue weighted by Crippen LogP contribution is 2.45. The van der Waals surface area contributed by atoms with E-state index in [1.165, 1.54) is 180 Å². The van der Waals surface area contributed by atoms with E-state index in [1.807, 2.05) is 0 Å². The van der Waals surface area contributed by atoms with E-state index in [-0.39, 0.29) is 25.7 Å². The Morgan fingerprint density at radius 3 is 0.764 bits per heavy atom. The molecule has 89 heavy (non-hydrogen) atoms. The van der Waals surface area contributed by atoms with Gasteiger partial charge in [-0.3, -0.25) is 37.3 Å². The number of hydrogen-bond acceptors (Lipinski definition) is 15. The van der Waals surface area contributed by atoms with E-state index in [1.54, 1.807) is 0 Å². The Hall–Kier alpha value is -1.94. The predicted molar refractivity (Wildman–Crippen MR) is 358 cm³/mol. The molecule has 0 bridgehead atoms. The zero-order valence-electron chi connectivity index (χ0n) is 57.6. The summed E-state index contributed by atoms with van der Waals surface area (Å²) < 4.78 is 68.2. The smallest absolute Gasteiger partial charge is 0.462 e. The van der Waals surface area contributed by atoms with Gasteiger partial charge in [-0.1, -0.05) is 311 Å². The number of unbranched alkanes of at least 4 members (excludes halogenated alkanes) is 42. The van der Waals surface area contributed by atoms with Crippen molar-refractivity contribution in [3.63, 3.8) is 0 Å². The van der Waals surface area contributed by atoms with Crippen molar-refractivity contribution in [3.8, 4) is 0 Å². The van der Waals surface area contributed by atoms with E-state index >= 15 is 0 Å². The van der Waals surface area contributed by atoms with Crippen LogP contribution in [0.4, 0.5) is 0 Å². The van der Waals surface area contributed by atoms with Crippen LogP contribution < -0.4 is 0 Å². The van der Waals surface area contributed by atoms with Gasteiger partial charge in [0.15, 0.2) is 12.2 Å². The summed E-state index contributed by atoms with van der Waals surface area (Å²) in [6.07, 6.45) is 50.0. The zero-order valence-corrected chi connectivity index (χ0v) is 59.4. The molecule has 0 aromatic rings. The lowest BCUT2D eigenvalue weighted by Gasteiger charge is -2.21. The third kappa shape index (κ3) is 64.6. The molecule has 0 heterocycles. The van der Waals surface area contributed by atoms with Gasteiger partial charge in [-0.25, -0.2) is 9.13 Å². The lowest BCUT2D eigenvalue weighted by molar-refractivity contribution is -0.161. The van der Waals surface area contributed by atoms with Crippen molar-refractivity contribution < 1.29 is 80.2 Å². The van der Waals surface area contributed by atoms with E-state index in [4.69, 9.17) is 37.0 Å². The molecule has 0 saturated carbocycles. The maximum absolute atomic E-state index is 13.0. The van der Waals surface area contributed by atoms with Crippen molar-refractivity contribution in [3.05, 3.63) is 0 Å². The number of phosphoric ester groups is 2. The maximum atomic E-state index is 13.0. The normalized spacial score (nSPS) is 14.1. The number of aliphatic hydroxyl groups is 1. The molecule has 0 aliphatic carbocycles. The fraction of sp³-hybridized carbons (Fsp3) is 0.943. The summed E-state index contributed by atoms with van der Waals surface area (Å²) in [5.74, 6) is -1.44. The van der Waals surface area contributed by atoms with Crippen molar-refractivity contribution in [2.24, 2.45) is 5.92 Å². The molecule has 3 N–H and O–H groups in total. The molecule has 5 atom stereocenters. The fourth-order valence-electron chi connectivity index (χ4n) is 10.6. The van der Waals surface area contributed by atoms with E-state index in [0.29, 0.717) is 31.6 Å². The minimum atomic E-state index is -4.95. The van der Waals surface area contributed by atoms with Crippen LogP contribution in [0.5, 0.6) is 0 Å². The number of rotatable bonds is 70. The second-order valence-electron chi connectivity index (χ2n) is 25.7. The molecule has 0 aliphatic heterocycles. The third-order valence-corrected chi connectivity index (χ3v) is 18.2. The Bertz CT molecular complexity index is 1720. The Morgan fingerprint density at radius 2 is 0.517 bits per heavy atom. The number of carbonyl (C=O) groups excluding carboxylic acids is 4. The van der Waals surface area contributed by atoms with Crippen LogP contribution in [0.25, 0.3) is 0 Å². The van der Waals surface area contributed by atoms with Crippen LogP contribution >= 0.6 is 15.6 Å². The van der Waals surface area contributed by atoms with Crippen LogP contribution in [-0.4, -0.2) is 96.7 Å². The summed E-state index contributed by atoms with van der Waals surface area (Å²) in [5, 5.41) is 10.6. The van der Waals surface area contributed by atoms with Gasteiger partial charge >= 0.3 is 39.5 Å². The second-order valence-corrected chi connectivity index (χ2v) is 28.7. The quantitative estimate of drug-likeness (QED) is 0.0222. The molecule has 19 heteroatoms. The summed E-state index contributed by atoms with van der Waals surface area (Å²) in [6, 6.07) is 0. The number of aliphatic hydroxyl groups excluding tert-OH is 1. The molecule has 528 valence electrons. The first-order valence-electron chi connectivity index (χ1n) is 36.6. The predicted octanol–water partition coefficient (Wildman–Crippen LogP) is 20.1. The van der Waals surface area contributed by atoms with Gasteiger partial charge in [0.25, 0.3) is 0 Å². The van der Waals surface area contributed by atoms with Crippen LogP contribution in [0, 0.1) is 5.92 Å². The monoisotopic (exact) mass is 1310 g/mol. The molecular weight excluding hydrogens is 1170 g/mol. The molecule has 0 fully saturated rings. The molecule has 0 rings (SSSR count). The van der Waals surface area contributed by atoms with Gasteiger partial charge in [0.1, 0.15) is 19.3 Å². The van der Waals surface area contributed by atoms with Crippen LogP contribution in [-0.2, 0) is 65.4 Å². The highest BCUT2D eigenvalue weighted by molar-refractivity contribution is 7.47. The largest absolute Gasteiger partial charge is 0.472 e. The van der Waals surface area contributed by atoms with Crippen molar-refractivity contribution in [2.75, 3.05) is 39.6 Å². The van der Waals surface area contributed by atoms with Crippen LogP contribution in [0.15, 0.2) is 0 Å². The molecule has 0 saturated heterocycles. The highest BCUT2D eigenvalue weighted by Gasteiger charge is 2.30. The third-order valence-electron chi connectivity index (χ3n) is 16.3. The van der Waals surface area contributed by atoms with Crippen LogP contribution in [0.1, 0.15) is 362 Å². The highest BCUT2D eigenvalue weighted by atomic mass is 31.2. The minimum Gasteiger partial charge on any atom is -0.462 e. The molecule has 0 aromatic carbocycles. The van der Waals surface area contributed by atoms with Crippen molar-refractivity contribution >= 4 is 39.5 Å². The fourth-order valence-corrected chi connectivity index (χ4v) is 12.2. The Morgan fingerprint density at radius 1 is 0.303 bits per heavy atom. The van der Waals surface area contributed by atoms with Crippen molar-refractivity contribution in [1.29, 1.82) is 0 Å². The van der Waals surface area contributed by atoms with Gasteiger partial charge < -0.3 is 33.8 Å². The standard InChI is InChI=1S/C70H136O17P2/c1-6-9-12-15-18-21-24-26-27-28-29-30-33-36-39-46-51-56-70(75)86-65(59-80-67(72)53-48-43-37-34-32-25-22-19-16-13-10-7-2)61-84-88(76,77)82-57-64(71)58-83-89(78,79)85-62-66(60-81-68(73)54-49-44-41-40-42-47-52-63(4)5)87-69(74)55-50-45-38-35-31-23-20-17-14-11-8-3/h63-66,71H,6-62H2,1-5H3,(H,76,77)(H,78,79)/t64-,65-,66-/m1/s1. The number of esters is 4. The number of carbonyl (C=O) groups is 4. The van der Waals surface area contributed by atoms with E-state index in [2.05, 4.69) is 34.6 Å². The van der Waals surface area contributed by atoms with Gasteiger partial charge in [-0.2, -0.15) is 0 Å². The first-order valence-corrected chi connectivity index (χ1v) is 39.6. The number of phosphoric acid groups is 2. The molecule has 0 aromatic heterocycles. The topological polar surface area (TPSA) is 237 Å². The summed E-state index contributed by atoms with van der Waals surface area (Å²) in [5.41, 5.74) is 0. The SMILES string of the molecule is CCCCCCCCCCCCCCCCCCCC(=O)O[C@H](COC(=O)CCCCCCCCCCCCCC)COP(=O)(O)OC[C@@H](O)COP(=O)(O)OC[C@@H](COC(=O)CCCCCCCCC(C)C)OC(=O)CCCCCCCCCCCCC. The van der Waals surface area contributed by atoms with Crippen LogP contribution in [0.2, 0.25) is 0 Å². The minimum absolute atomic E-state index is 0.106. The average Bonchev–Trinajstić information content (AvgIpc) is 3.50. The Balaban J connectivity index is 5.22. The summed E-state index contributed by atoms with van der Waals surface area (Å²) in [7, 11) is -9.90. The first-order chi connectivity index (χ1) is 43.0. The van der Waals surface area contributed by atoms with Crippen molar-refractivity contribution in [2.45, 2.75) is 380 Å². The van der Waals surface area contributed by atoms with Gasteiger partial charge in [-0.15, -0.1) is 0 Å². The molecule has 2 unspecified atom stereocenters. The van der Waals surface area contributed by atoms with Gasteiger partial charge in [0.05, 0.1) is 26.4 Å². The lowest BCUT2D eigenvalue weighted by atomic mass is 10.0. The molecule has 0 aliphatic rings. The number of hydrogen-bond donors (Lipinski definition) is 3. The summed E-state index contributed by atoms with van der Waals surface area (Å²) in [4.78, 5) is 72.5. The van der Waals surface area contributed by atoms with Gasteiger partial charge in [0, 0.05) is 25.7 Å². The van der Waals surface area contributed by atoms with Gasteiger partial charge in [-0.05, 0) is 31.6 Å². The molecular formula is C70H136O17P2. The number of ether oxygens (including phenoxy) is 4. The zero-order chi connectivity index (χ0) is 65.6. The molecule has 0 radical (unpaired) electrons. The molecule has 17 nitrogen and oxygen atoms in total. The first kappa shape index (κ1) is 87.1. The van der Waals surface area contributed by atoms with Crippen LogP contribution in [0.3, 0.4) is 0 Å². The molecule has 0 spiro atoms. The Kier molecular flexibility index (Phi) is 62.1.